The molecule has 2 aromatic heterocycles. The average molecular weight is 331 g/mol. The van der Waals surface area contributed by atoms with E-state index in [0.29, 0.717) is 31.2 Å². The smallest absolute Gasteiger partial charge is 0.376 e. The van der Waals surface area contributed by atoms with E-state index in [1.807, 2.05) is 6.92 Å². The van der Waals surface area contributed by atoms with Gasteiger partial charge in [-0.1, -0.05) is 0 Å². The molecule has 3 rings (SSSR count). The quantitative estimate of drug-likeness (QED) is 0.852. The number of hydrogen-bond acceptors (Lipinski definition) is 6. The minimum absolute atomic E-state index is 0.00294. The van der Waals surface area contributed by atoms with Gasteiger partial charge in [0.2, 0.25) is 5.89 Å². The van der Waals surface area contributed by atoms with Crippen molar-refractivity contribution in [2.75, 3.05) is 25.1 Å². The van der Waals surface area contributed by atoms with E-state index in [9.17, 15) is 13.2 Å². The van der Waals surface area contributed by atoms with E-state index >= 15 is 0 Å². The predicted octanol–water partition coefficient (Wildman–Crippen LogP) is 1.86. The van der Waals surface area contributed by atoms with Gasteiger partial charge in [-0.05, 0) is 12.1 Å². The van der Waals surface area contributed by atoms with Crippen molar-refractivity contribution in [2.45, 2.75) is 32.7 Å². The van der Waals surface area contributed by atoms with E-state index in [-0.39, 0.29) is 24.6 Å². The Bertz CT molecular complexity index is 694. The van der Waals surface area contributed by atoms with Gasteiger partial charge in [-0.15, -0.1) is 0 Å². The van der Waals surface area contributed by atoms with Gasteiger partial charge in [0.1, 0.15) is 6.54 Å². The average Bonchev–Trinajstić information content (AvgIpc) is 3.12. The molecule has 0 saturated heterocycles. The lowest BCUT2D eigenvalue weighted by atomic mass is 10.1. The lowest BCUT2D eigenvalue weighted by Crippen LogP contribution is -2.17. The van der Waals surface area contributed by atoms with Crippen molar-refractivity contribution in [1.82, 2.24) is 19.9 Å². The summed E-state index contributed by atoms with van der Waals surface area (Å²) in [6, 6.07) is 0. The zero-order chi connectivity index (χ0) is 16.6. The lowest BCUT2D eigenvalue weighted by molar-refractivity contribution is -0.142. The van der Waals surface area contributed by atoms with Gasteiger partial charge >= 0.3 is 6.18 Å². The van der Waals surface area contributed by atoms with Crippen LogP contribution in [0.4, 0.5) is 19.1 Å². The van der Waals surface area contributed by atoms with Gasteiger partial charge in [0.25, 0.3) is 5.95 Å². The molecule has 0 radical (unpaired) electrons. The summed E-state index contributed by atoms with van der Waals surface area (Å²) < 4.78 is 50.8. The highest BCUT2D eigenvalue weighted by Crippen LogP contribution is 2.34. The molecule has 0 bridgehead atoms. The Labute approximate surface area is 130 Å². The van der Waals surface area contributed by atoms with Crippen molar-refractivity contribution in [3.63, 3.8) is 0 Å². The number of ether oxygens (including phenoxy) is 1. The monoisotopic (exact) mass is 331 g/mol. The van der Waals surface area contributed by atoms with Gasteiger partial charge in [0.15, 0.2) is 5.69 Å². The van der Waals surface area contributed by atoms with Gasteiger partial charge < -0.3 is 14.2 Å². The van der Waals surface area contributed by atoms with E-state index < -0.39 is 11.9 Å². The van der Waals surface area contributed by atoms with Crippen molar-refractivity contribution < 1.29 is 22.4 Å². The molecule has 0 aliphatic carbocycles. The summed E-state index contributed by atoms with van der Waals surface area (Å²) in [6.45, 7) is 2.89. The molecule has 7 nitrogen and oxygen atoms in total. The van der Waals surface area contributed by atoms with Crippen LogP contribution in [-0.2, 0) is 30.5 Å². The number of anilines is 1. The molecule has 0 saturated carbocycles. The third kappa shape index (κ3) is 3.03. The van der Waals surface area contributed by atoms with Crippen LogP contribution in [-0.4, -0.2) is 40.1 Å². The van der Waals surface area contributed by atoms with E-state index in [2.05, 4.69) is 15.2 Å². The van der Waals surface area contributed by atoms with Crippen molar-refractivity contribution in [3.8, 4) is 0 Å². The molecule has 0 fully saturated rings. The van der Waals surface area contributed by atoms with Crippen LogP contribution in [0.5, 0.6) is 0 Å². The molecular weight excluding hydrogens is 315 g/mol. The Hall–Kier alpha value is -2.10. The number of nitrogens with zero attached hydrogens (tertiary/aromatic N) is 5. The molecular formula is C13H16F3N5O2. The highest BCUT2D eigenvalue weighted by Gasteiger charge is 2.40. The van der Waals surface area contributed by atoms with Gasteiger partial charge in [0, 0.05) is 31.3 Å². The largest absolute Gasteiger partial charge is 0.435 e. The van der Waals surface area contributed by atoms with Gasteiger partial charge in [-0.3, -0.25) is 4.68 Å². The summed E-state index contributed by atoms with van der Waals surface area (Å²) in [5, 5.41) is 7.51. The maximum Gasteiger partial charge on any atom is 0.435 e. The first-order valence-electron chi connectivity index (χ1n) is 7.17. The van der Waals surface area contributed by atoms with Crippen LogP contribution in [0.2, 0.25) is 0 Å². The highest BCUT2D eigenvalue weighted by molar-refractivity contribution is 5.30. The number of hydrogen-bond donors (Lipinski definition) is 0. The van der Waals surface area contributed by atoms with Crippen molar-refractivity contribution in [2.24, 2.45) is 0 Å². The lowest BCUT2D eigenvalue weighted by Gasteiger charge is -2.14. The van der Waals surface area contributed by atoms with E-state index in [1.165, 1.54) is 4.68 Å². The minimum atomic E-state index is -4.52. The van der Waals surface area contributed by atoms with Crippen molar-refractivity contribution >= 4 is 5.95 Å². The molecule has 0 unspecified atom stereocenters. The number of alkyl halides is 3. The molecule has 2 aromatic rings. The molecule has 1 aliphatic heterocycles. The van der Waals surface area contributed by atoms with E-state index in [1.54, 1.807) is 11.9 Å². The maximum absolute atomic E-state index is 13.1. The Morgan fingerprint density at radius 3 is 2.83 bits per heavy atom. The zero-order valence-corrected chi connectivity index (χ0v) is 12.7. The molecule has 0 N–H and O–H groups in total. The summed E-state index contributed by atoms with van der Waals surface area (Å²) in [5.74, 6) is 0.605. The number of rotatable bonds is 4. The highest BCUT2D eigenvalue weighted by atomic mass is 19.4. The fourth-order valence-corrected chi connectivity index (χ4v) is 2.40. The van der Waals surface area contributed by atoms with Crippen molar-refractivity contribution in [3.05, 3.63) is 22.8 Å². The second-order valence-electron chi connectivity index (χ2n) is 5.23. The molecule has 23 heavy (non-hydrogen) atoms. The van der Waals surface area contributed by atoms with Crippen LogP contribution >= 0.6 is 0 Å². The first kappa shape index (κ1) is 15.8. The fraction of sp³-hybridized carbons (Fsp3) is 0.615. The second kappa shape index (κ2) is 5.84. The Morgan fingerprint density at radius 2 is 2.13 bits per heavy atom. The summed E-state index contributed by atoms with van der Waals surface area (Å²) >= 11 is 0. The Kier molecular flexibility index (Phi) is 4.00. The van der Waals surface area contributed by atoms with Crippen LogP contribution in [0.1, 0.15) is 29.8 Å². The topological polar surface area (TPSA) is 69.2 Å². The molecule has 3 heterocycles. The van der Waals surface area contributed by atoms with Crippen LogP contribution in [0, 0.1) is 0 Å². The molecule has 0 spiro atoms. The van der Waals surface area contributed by atoms with Crippen LogP contribution in [0.3, 0.4) is 0 Å². The fourth-order valence-electron chi connectivity index (χ4n) is 2.40. The molecule has 1 aliphatic rings. The van der Waals surface area contributed by atoms with Crippen LogP contribution < -0.4 is 4.90 Å². The molecule has 126 valence electrons. The Balaban J connectivity index is 1.91. The maximum atomic E-state index is 13.1. The van der Waals surface area contributed by atoms with Gasteiger partial charge in [-0.25, -0.2) is 0 Å². The molecule has 0 atom stereocenters. The second-order valence-corrected chi connectivity index (χ2v) is 5.23. The minimum Gasteiger partial charge on any atom is -0.376 e. The summed E-state index contributed by atoms with van der Waals surface area (Å²) in [7, 11) is 1.80. The van der Waals surface area contributed by atoms with E-state index in [0.717, 1.165) is 0 Å². The third-order valence-corrected chi connectivity index (χ3v) is 3.72. The van der Waals surface area contributed by atoms with Crippen LogP contribution in [0.15, 0.2) is 4.52 Å². The third-order valence-electron chi connectivity index (χ3n) is 3.72. The number of fused-ring (bicyclic) bond motifs is 1. The Morgan fingerprint density at radius 1 is 1.35 bits per heavy atom. The number of aromatic nitrogens is 4. The summed E-state index contributed by atoms with van der Waals surface area (Å²) in [6.07, 6.45) is -4.15. The first-order chi connectivity index (χ1) is 10.9. The van der Waals surface area contributed by atoms with Gasteiger partial charge in [0.05, 0.1) is 13.2 Å². The molecule has 10 heteroatoms. The summed E-state index contributed by atoms with van der Waals surface area (Å²) in [4.78, 5) is 5.94. The molecule has 0 amide bonds. The predicted molar refractivity (Wildman–Crippen MR) is 72.9 cm³/mol. The molecule has 0 aromatic carbocycles. The van der Waals surface area contributed by atoms with Crippen molar-refractivity contribution in [1.29, 1.82) is 0 Å². The SMILES string of the molecule is CCN(C)c1noc(Cn2nc(C(F)(F)F)c3c2CCOC3)n1. The number of halogens is 3. The van der Waals surface area contributed by atoms with E-state index in [4.69, 9.17) is 9.26 Å². The standard InChI is InChI=1S/C13H16F3N5O2/c1-3-20(2)12-17-10(23-19-12)6-21-9-4-5-22-7-8(9)11(18-21)13(14,15)16/h3-7H2,1-2H3. The summed E-state index contributed by atoms with van der Waals surface area (Å²) in [5.41, 5.74) is -0.307. The zero-order valence-electron chi connectivity index (χ0n) is 12.7. The normalized spacial score (nSPS) is 14.8. The van der Waals surface area contributed by atoms with Crippen LogP contribution in [0.25, 0.3) is 0 Å². The first-order valence-corrected chi connectivity index (χ1v) is 7.17. The van der Waals surface area contributed by atoms with Gasteiger partial charge in [-0.2, -0.15) is 23.3 Å².